The van der Waals surface area contributed by atoms with Crippen LogP contribution in [0.5, 0.6) is 11.5 Å². The van der Waals surface area contributed by atoms with Crippen molar-refractivity contribution in [3.8, 4) is 11.5 Å². The zero-order valence-electron chi connectivity index (χ0n) is 14.9. The predicted molar refractivity (Wildman–Crippen MR) is 96.6 cm³/mol. The molecule has 0 saturated heterocycles. The van der Waals surface area contributed by atoms with E-state index in [2.05, 4.69) is 0 Å². The highest BCUT2D eigenvalue weighted by Gasteiger charge is 2.34. The first kappa shape index (κ1) is 17.8. The van der Waals surface area contributed by atoms with Crippen molar-refractivity contribution < 1.29 is 24.2 Å². The van der Waals surface area contributed by atoms with Gasteiger partial charge in [0.25, 0.3) is 5.91 Å². The maximum atomic E-state index is 12.9. The normalized spacial score (nSPS) is 16.7. The van der Waals surface area contributed by atoms with Crippen molar-refractivity contribution in [3.05, 3.63) is 53.6 Å². The molecule has 0 aromatic heterocycles. The number of esters is 1. The van der Waals surface area contributed by atoms with Gasteiger partial charge in [-0.3, -0.25) is 4.79 Å². The van der Waals surface area contributed by atoms with Gasteiger partial charge in [-0.05, 0) is 44.0 Å². The molecule has 1 heterocycles. The smallest absolute Gasteiger partial charge is 0.342 e. The number of benzene rings is 2. The molecule has 0 fully saturated rings. The van der Waals surface area contributed by atoms with E-state index in [1.165, 1.54) is 26.2 Å². The largest absolute Gasteiger partial charge is 0.504 e. The number of ether oxygens (including phenoxy) is 2. The zero-order chi connectivity index (χ0) is 18.8. The minimum atomic E-state index is -0.985. The molecule has 0 spiro atoms. The molecule has 6 heteroatoms. The third kappa shape index (κ3) is 3.10. The number of phenols is 1. The first-order valence-corrected chi connectivity index (χ1v) is 8.42. The number of aromatic hydroxyl groups is 1. The number of hydrogen-bond donors (Lipinski definition) is 1. The number of carbonyl (C=O) groups excluding carboxylic acids is 2. The fourth-order valence-electron chi connectivity index (χ4n) is 3.22. The van der Waals surface area contributed by atoms with E-state index in [4.69, 9.17) is 9.47 Å². The number of hydrogen-bond acceptors (Lipinski definition) is 5. The number of rotatable bonds is 4. The van der Waals surface area contributed by atoms with Crippen LogP contribution in [0.4, 0.5) is 5.69 Å². The molecular weight excluding hydrogens is 334 g/mol. The van der Waals surface area contributed by atoms with E-state index in [9.17, 15) is 14.7 Å². The number of methoxy groups -OCH3 is 1. The van der Waals surface area contributed by atoms with Crippen LogP contribution in [-0.2, 0) is 16.0 Å². The Morgan fingerprint density at radius 3 is 2.65 bits per heavy atom. The van der Waals surface area contributed by atoms with Gasteiger partial charge in [0.15, 0.2) is 17.6 Å². The summed E-state index contributed by atoms with van der Waals surface area (Å²) in [5.74, 6) is -1.21. The van der Waals surface area contributed by atoms with Crippen LogP contribution in [0.25, 0.3) is 0 Å². The Morgan fingerprint density at radius 2 is 1.92 bits per heavy atom. The lowest BCUT2D eigenvalue weighted by atomic mass is 10.1. The second kappa shape index (κ2) is 7.07. The number of amides is 1. The fraction of sp³-hybridized carbons (Fsp3) is 0.300. The van der Waals surface area contributed by atoms with Crippen LogP contribution in [-0.4, -0.2) is 36.2 Å². The molecule has 0 aliphatic carbocycles. The molecule has 0 saturated carbocycles. The molecule has 6 nitrogen and oxygen atoms in total. The van der Waals surface area contributed by atoms with Gasteiger partial charge in [0.05, 0.1) is 7.11 Å². The predicted octanol–water partition coefficient (Wildman–Crippen LogP) is 2.92. The molecule has 1 amide bonds. The summed E-state index contributed by atoms with van der Waals surface area (Å²) in [6.07, 6.45) is -0.221. The Bertz CT molecular complexity index is 848. The van der Waals surface area contributed by atoms with Crippen LogP contribution in [0, 0.1) is 0 Å². The van der Waals surface area contributed by atoms with E-state index in [0.29, 0.717) is 0 Å². The van der Waals surface area contributed by atoms with Gasteiger partial charge < -0.3 is 19.5 Å². The first-order chi connectivity index (χ1) is 12.4. The monoisotopic (exact) mass is 355 g/mol. The third-order valence-corrected chi connectivity index (χ3v) is 4.52. The lowest BCUT2D eigenvalue weighted by Gasteiger charge is -2.26. The molecule has 2 aromatic rings. The molecule has 1 aliphatic heterocycles. The van der Waals surface area contributed by atoms with Crippen LogP contribution in [0.3, 0.4) is 0 Å². The zero-order valence-corrected chi connectivity index (χ0v) is 14.9. The minimum absolute atomic E-state index is 0.00808. The molecule has 2 aromatic carbocycles. The van der Waals surface area contributed by atoms with Gasteiger partial charge in [0.1, 0.15) is 5.56 Å². The number of fused-ring (bicyclic) bond motifs is 1. The number of para-hydroxylation sites is 2. The Kier molecular flexibility index (Phi) is 4.84. The molecular formula is C20H21NO5. The molecule has 136 valence electrons. The highest BCUT2D eigenvalue weighted by atomic mass is 16.5. The first-order valence-electron chi connectivity index (χ1n) is 8.42. The molecule has 0 unspecified atom stereocenters. The van der Waals surface area contributed by atoms with Crippen LogP contribution in [0.2, 0.25) is 0 Å². The van der Waals surface area contributed by atoms with Gasteiger partial charge in [-0.15, -0.1) is 0 Å². The summed E-state index contributed by atoms with van der Waals surface area (Å²) in [6, 6.07) is 12.2. The Morgan fingerprint density at radius 1 is 1.19 bits per heavy atom. The Labute approximate surface area is 152 Å². The lowest BCUT2D eigenvalue weighted by molar-refractivity contribution is -0.126. The van der Waals surface area contributed by atoms with Crippen LogP contribution < -0.4 is 9.64 Å². The van der Waals surface area contributed by atoms with Crippen LogP contribution >= 0.6 is 0 Å². The summed E-state index contributed by atoms with van der Waals surface area (Å²) >= 11 is 0. The second-order valence-electron chi connectivity index (χ2n) is 6.29. The highest BCUT2D eigenvalue weighted by molar-refractivity contribution is 6.01. The van der Waals surface area contributed by atoms with E-state index in [1.54, 1.807) is 11.0 Å². The summed E-state index contributed by atoms with van der Waals surface area (Å²) in [5.41, 5.74) is 1.90. The van der Waals surface area contributed by atoms with Crippen molar-refractivity contribution >= 4 is 17.6 Å². The summed E-state index contributed by atoms with van der Waals surface area (Å²) in [4.78, 5) is 26.9. The average Bonchev–Trinajstić information content (AvgIpc) is 2.96. The maximum Gasteiger partial charge on any atom is 0.342 e. The van der Waals surface area contributed by atoms with Gasteiger partial charge >= 0.3 is 5.97 Å². The number of phenolic OH excluding ortho intramolecular Hbond substituents is 1. The second-order valence-corrected chi connectivity index (χ2v) is 6.29. The summed E-state index contributed by atoms with van der Waals surface area (Å²) in [5, 5.41) is 10.1. The quantitative estimate of drug-likeness (QED) is 0.854. The van der Waals surface area contributed by atoms with Crippen molar-refractivity contribution in [2.24, 2.45) is 0 Å². The van der Waals surface area contributed by atoms with Crippen molar-refractivity contribution in [1.29, 1.82) is 0 Å². The van der Waals surface area contributed by atoms with Gasteiger partial charge in [0.2, 0.25) is 0 Å². The molecule has 0 radical (unpaired) electrons. The Hall–Kier alpha value is -3.02. The topological polar surface area (TPSA) is 76.1 Å². The molecule has 3 rings (SSSR count). The number of nitrogens with zero attached hydrogens (tertiary/aromatic N) is 1. The summed E-state index contributed by atoms with van der Waals surface area (Å²) < 4.78 is 10.3. The molecule has 0 bridgehead atoms. The lowest BCUT2D eigenvalue weighted by Crippen LogP contribution is -2.43. The van der Waals surface area contributed by atoms with Gasteiger partial charge in [-0.2, -0.15) is 0 Å². The van der Waals surface area contributed by atoms with E-state index in [1.807, 2.05) is 31.2 Å². The summed E-state index contributed by atoms with van der Waals surface area (Å²) in [6.45, 7) is 3.49. The maximum absolute atomic E-state index is 12.9. The van der Waals surface area contributed by atoms with E-state index in [-0.39, 0.29) is 29.0 Å². The van der Waals surface area contributed by atoms with Crippen molar-refractivity contribution in [2.45, 2.75) is 32.4 Å². The third-order valence-electron chi connectivity index (χ3n) is 4.52. The summed E-state index contributed by atoms with van der Waals surface area (Å²) in [7, 11) is 1.39. The number of carbonyl (C=O) groups is 2. The van der Waals surface area contributed by atoms with E-state index >= 15 is 0 Å². The van der Waals surface area contributed by atoms with Gasteiger partial charge in [0, 0.05) is 11.7 Å². The highest BCUT2D eigenvalue weighted by Crippen LogP contribution is 2.33. The van der Waals surface area contributed by atoms with E-state index < -0.39 is 12.1 Å². The van der Waals surface area contributed by atoms with Crippen molar-refractivity contribution in [3.63, 3.8) is 0 Å². The van der Waals surface area contributed by atoms with Gasteiger partial charge in [-0.25, -0.2) is 4.79 Å². The standard InChI is InChI=1S/C20H21NO5/c1-12-11-14-7-4-5-9-16(14)21(12)19(23)13(2)26-20(24)15-8-6-10-17(25-3)18(15)22/h4-10,12-13,22H,11H2,1-3H3/t12-,13+/m1/s1. The van der Waals surface area contributed by atoms with Crippen LogP contribution in [0.1, 0.15) is 29.8 Å². The van der Waals surface area contributed by atoms with Crippen molar-refractivity contribution in [2.75, 3.05) is 12.0 Å². The molecule has 1 N–H and O–H groups in total. The number of anilines is 1. The van der Waals surface area contributed by atoms with Gasteiger partial charge in [-0.1, -0.05) is 24.3 Å². The Balaban J connectivity index is 1.77. The fourth-order valence-corrected chi connectivity index (χ4v) is 3.22. The molecule has 26 heavy (non-hydrogen) atoms. The minimum Gasteiger partial charge on any atom is -0.504 e. The SMILES string of the molecule is COc1cccc(C(=O)O[C@@H](C)C(=O)N2c3ccccc3C[C@H]2C)c1O. The average molecular weight is 355 g/mol. The van der Waals surface area contributed by atoms with Crippen LogP contribution in [0.15, 0.2) is 42.5 Å². The molecule has 1 aliphatic rings. The van der Waals surface area contributed by atoms with Crippen molar-refractivity contribution in [1.82, 2.24) is 0 Å². The molecule has 2 atom stereocenters. The van der Waals surface area contributed by atoms with E-state index in [0.717, 1.165) is 17.7 Å².